The van der Waals surface area contributed by atoms with Crippen LogP contribution in [0.15, 0.2) is 36.4 Å². The van der Waals surface area contributed by atoms with E-state index in [9.17, 15) is 9.59 Å². The number of carboxylic acids is 1. The first-order valence-corrected chi connectivity index (χ1v) is 8.03. The summed E-state index contributed by atoms with van der Waals surface area (Å²) in [6.07, 6.45) is 2.03. The van der Waals surface area contributed by atoms with Crippen molar-refractivity contribution in [3.8, 4) is 0 Å². The largest absolute Gasteiger partial charge is 0.477 e. The molecule has 1 aromatic heterocycles. The molecule has 1 amide bonds. The molecule has 1 aromatic carbocycles. The van der Waals surface area contributed by atoms with Gasteiger partial charge < -0.3 is 10.4 Å². The predicted octanol–water partition coefficient (Wildman–Crippen LogP) is 3.56. The number of thioether (sulfide) groups is 1. The third kappa shape index (κ3) is 3.61. The molecule has 0 bridgehead atoms. The van der Waals surface area contributed by atoms with Crippen molar-refractivity contribution in [3.63, 3.8) is 0 Å². The summed E-state index contributed by atoms with van der Waals surface area (Å²) < 4.78 is 0. The highest BCUT2D eigenvalue weighted by Gasteiger charge is 2.10. The van der Waals surface area contributed by atoms with E-state index in [4.69, 9.17) is 5.11 Å². The Morgan fingerprint density at radius 2 is 1.90 bits per heavy atom. The van der Waals surface area contributed by atoms with E-state index in [1.54, 1.807) is 30.0 Å². The molecule has 0 fully saturated rings. The van der Waals surface area contributed by atoms with Gasteiger partial charge in [-0.3, -0.25) is 4.79 Å². The number of thiophene rings is 1. The molecule has 0 saturated heterocycles. The van der Waals surface area contributed by atoms with E-state index in [0.29, 0.717) is 10.6 Å². The summed E-state index contributed by atoms with van der Waals surface area (Å²) in [6, 6.07) is 10.4. The minimum Gasteiger partial charge on any atom is -0.477 e. The molecule has 0 aliphatic carbocycles. The van der Waals surface area contributed by atoms with Crippen LogP contribution in [0.3, 0.4) is 0 Å². The molecule has 1 heterocycles. The van der Waals surface area contributed by atoms with Crippen molar-refractivity contribution >= 4 is 40.0 Å². The van der Waals surface area contributed by atoms with Gasteiger partial charge in [0.1, 0.15) is 4.88 Å². The summed E-state index contributed by atoms with van der Waals surface area (Å²) in [5, 5.41) is 12.1. The first kappa shape index (κ1) is 14.6. The average Bonchev–Trinajstić information content (AvgIpc) is 2.88. The Labute approximate surface area is 124 Å². The molecule has 4 nitrogen and oxygen atoms in total. The molecule has 104 valence electrons. The van der Waals surface area contributed by atoms with E-state index in [2.05, 4.69) is 5.32 Å². The van der Waals surface area contributed by atoms with Crippen LogP contribution in [0.1, 0.15) is 25.6 Å². The first-order chi connectivity index (χ1) is 9.60. The number of nitrogens with one attached hydrogen (secondary N) is 1. The van der Waals surface area contributed by atoms with Crippen molar-refractivity contribution in [3.05, 3.63) is 52.4 Å². The molecular weight excluding hydrogens is 294 g/mol. The van der Waals surface area contributed by atoms with E-state index in [1.165, 1.54) is 11.6 Å². The number of carbonyl (C=O) groups is 2. The molecule has 0 unspecified atom stereocenters. The Bertz CT molecular complexity index is 620. The molecule has 0 saturated carbocycles. The van der Waals surface area contributed by atoms with Crippen LogP contribution in [0, 0.1) is 0 Å². The highest BCUT2D eigenvalue weighted by atomic mass is 32.2. The van der Waals surface area contributed by atoms with Gasteiger partial charge in [0.15, 0.2) is 0 Å². The molecule has 2 N–H and O–H groups in total. The normalized spacial score (nSPS) is 10.2. The number of aromatic carboxylic acids is 1. The van der Waals surface area contributed by atoms with Gasteiger partial charge in [0, 0.05) is 11.3 Å². The van der Waals surface area contributed by atoms with Gasteiger partial charge in [-0.1, -0.05) is 12.1 Å². The Morgan fingerprint density at radius 3 is 2.45 bits per heavy atom. The van der Waals surface area contributed by atoms with E-state index in [1.807, 2.05) is 18.4 Å². The topological polar surface area (TPSA) is 66.4 Å². The van der Waals surface area contributed by atoms with Gasteiger partial charge in [0.25, 0.3) is 5.91 Å². The van der Waals surface area contributed by atoms with Crippen LogP contribution in [0.5, 0.6) is 0 Å². The second-order valence-corrected chi connectivity index (χ2v) is 6.00. The molecule has 2 rings (SSSR count). The molecular formula is C14H13NO3S2. The third-order valence-electron chi connectivity index (χ3n) is 2.58. The summed E-state index contributed by atoms with van der Waals surface area (Å²) in [5.74, 6) is -0.314. The van der Waals surface area contributed by atoms with Crippen LogP contribution < -0.4 is 5.32 Å². The van der Waals surface area contributed by atoms with Crippen molar-refractivity contribution in [2.45, 2.75) is 5.75 Å². The Balaban J connectivity index is 2.05. The van der Waals surface area contributed by atoms with Crippen molar-refractivity contribution < 1.29 is 14.7 Å². The summed E-state index contributed by atoms with van der Waals surface area (Å²) in [6.45, 7) is 0. The quantitative estimate of drug-likeness (QED) is 0.886. The summed E-state index contributed by atoms with van der Waals surface area (Å²) in [4.78, 5) is 23.0. The fourth-order valence-electron chi connectivity index (χ4n) is 1.62. The first-order valence-electron chi connectivity index (χ1n) is 5.82. The van der Waals surface area contributed by atoms with Gasteiger partial charge in [0.05, 0.1) is 5.00 Å². The zero-order valence-corrected chi connectivity index (χ0v) is 12.4. The van der Waals surface area contributed by atoms with E-state index >= 15 is 0 Å². The van der Waals surface area contributed by atoms with Gasteiger partial charge in [-0.15, -0.1) is 11.3 Å². The molecule has 6 heteroatoms. The molecule has 0 spiro atoms. The third-order valence-corrected chi connectivity index (χ3v) is 4.19. The van der Waals surface area contributed by atoms with E-state index in [0.717, 1.165) is 17.1 Å². The van der Waals surface area contributed by atoms with Crippen LogP contribution in [0.4, 0.5) is 5.00 Å². The average molecular weight is 307 g/mol. The minimum absolute atomic E-state index is 0.204. The SMILES string of the molecule is CSCc1ccc(C(=O)Nc2ccc(C(=O)O)s2)cc1. The van der Waals surface area contributed by atoms with E-state index < -0.39 is 5.97 Å². The number of hydrogen-bond acceptors (Lipinski definition) is 4. The summed E-state index contributed by atoms with van der Waals surface area (Å²) in [5.41, 5.74) is 1.72. The standard InChI is InChI=1S/C14H13NO3S2/c1-19-8-9-2-4-10(5-3-9)13(16)15-12-7-6-11(20-12)14(17)18/h2-7H,8H2,1H3,(H,15,16)(H,17,18). The number of anilines is 1. The van der Waals surface area contributed by atoms with Crippen LogP contribution in [-0.2, 0) is 5.75 Å². The smallest absolute Gasteiger partial charge is 0.345 e. The number of carboxylic acid groups (broad SMARTS) is 1. The molecule has 0 radical (unpaired) electrons. The lowest BCUT2D eigenvalue weighted by Crippen LogP contribution is -2.10. The summed E-state index contributed by atoms with van der Waals surface area (Å²) in [7, 11) is 0. The lowest BCUT2D eigenvalue weighted by molar-refractivity contribution is 0.0702. The molecule has 20 heavy (non-hydrogen) atoms. The highest BCUT2D eigenvalue weighted by molar-refractivity contribution is 7.97. The molecule has 0 aliphatic rings. The predicted molar refractivity (Wildman–Crippen MR) is 82.9 cm³/mol. The van der Waals surface area contributed by atoms with Crippen LogP contribution in [0.25, 0.3) is 0 Å². The lowest BCUT2D eigenvalue weighted by Gasteiger charge is -2.04. The van der Waals surface area contributed by atoms with Crippen LogP contribution in [0.2, 0.25) is 0 Å². The highest BCUT2D eigenvalue weighted by Crippen LogP contribution is 2.22. The number of hydrogen-bond donors (Lipinski definition) is 2. The van der Waals surface area contributed by atoms with Gasteiger partial charge in [0.2, 0.25) is 0 Å². The van der Waals surface area contributed by atoms with Gasteiger partial charge in [-0.05, 0) is 36.1 Å². The van der Waals surface area contributed by atoms with Crippen molar-refractivity contribution in [2.24, 2.45) is 0 Å². The maximum Gasteiger partial charge on any atom is 0.345 e. The fourth-order valence-corrected chi connectivity index (χ4v) is 2.89. The maximum absolute atomic E-state index is 12.0. The molecule has 0 atom stereocenters. The molecule has 0 aliphatic heterocycles. The van der Waals surface area contributed by atoms with Gasteiger partial charge >= 0.3 is 5.97 Å². The lowest BCUT2D eigenvalue weighted by atomic mass is 10.1. The monoisotopic (exact) mass is 307 g/mol. The van der Waals surface area contributed by atoms with Gasteiger partial charge in [-0.2, -0.15) is 11.8 Å². The summed E-state index contributed by atoms with van der Waals surface area (Å²) >= 11 is 2.76. The zero-order chi connectivity index (χ0) is 14.5. The van der Waals surface area contributed by atoms with Crippen molar-refractivity contribution in [1.82, 2.24) is 0 Å². The van der Waals surface area contributed by atoms with Crippen LogP contribution >= 0.6 is 23.1 Å². The zero-order valence-electron chi connectivity index (χ0n) is 10.8. The molecule has 2 aromatic rings. The van der Waals surface area contributed by atoms with Crippen LogP contribution in [-0.4, -0.2) is 23.2 Å². The number of benzene rings is 1. The second-order valence-electron chi connectivity index (χ2n) is 4.05. The minimum atomic E-state index is -0.989. The second kappa shape index (κ2) is 6.58. The number of carbonyl (C=O) groups excluding carboxylic acids is 1. The number of rotatable bonds is 5. The fraction of sp³-hybridized carbons (Fsp3) is 0.143. The van der Waals surface area contributed by atoms with Crippen molar-refractivity contribution in [2.75, 3.05) is 11.6 Å². The maximum atomic E-state index is 12.0. The van der Waals surface area contributed by atoms with E-state index in [-0.39, 0.29) is 10.8 Å². The Morgan fingerprint density at radius 1 is 1.20 bits per heavy atom. The Hall–Kier alpha value is -1.79. The van der Waals surface area contributed by atoms with Crippen molar-refractivity contribution in [1.29, 1.82) is 0 Å². The Kier molecular flexibility index (Phi) is 4.81. The van der Waals surface area contributed by atoms with Gasteiger partial charge in [-0.25, -0.2) is 4.79 Å². The number of amides is 1.